The van der Waals surface area contributed by atoms with Crippen LogP contribution in [-0.4, -0.2) is 277 Å². The molecule has 9 rings (SSSR count). The maximum atomic E-state index is 15.6. The number of aromatic nitrogens is 1. The van der Waals surface area contributed by atoms with Crippen molar-refractivity contribution >= 4 is 117 Å². The van der Waals surface area contributed by atoms with E-state index < -0.39 is 205 Å². The molecule has 712 valence electrons. The van der Waals surface area contributed by atoms with Gasteiger partial charge in [-0.15, -0.1) is 11.8 Å². The molecule has 2 heterocycles. The Bertz CT molecular complexity index is 5420. The Morgan fingerprint density at radius 3 is 1.33 bits per heavy atom. The zero-order chi connectivity index (χ0) is 97.4. The van der Waals surface area contributed by atoms with E-state index in [2.05, 4.69) is 52.8 Å². The molecular weight excluding hydrogens is 1740 g/mol. The summed E-state index contributed by atoms with van der Waals surface area (Å²) in [6.07, 6.45) is -0.576. The molecule has 1 aliphatic heterocycles. The van der Waals surface area contributed by atoms with Crippen LogP contribution in [0.5, 0.6) is 17.2 Å². The fourth-order valence-electron chi connectivity index (χ4n) is 15.5. The number of rotatable bonds is 24. The van der Waals surface area contributed by atoms with Crippen molar-refractivity contribution in [1.82, 2.24) is 77.3 Å². The number of phenolic OH excluding ortho intramolecular Hbond substituents is 3. The summed E-state index contributed by atoms with van der Waals surface area (Å²) >= 11 is 0.823. The smallest absolute Gasteiger partial charge is 0.305 e. The number of aromatic hydroxyl groups is 3. The summed E-state index contributed by atoms with van der Waals surface area (Å²) in [6.45, 7) is 2.96. The van der Waals surface area contributed by atoms with Crippen molar-refractivity contribution in [2.45, 2.75) is 164 Å². The molecule has 36 nitrogen and oxygen atoms in total. The average Bonchev–Trinajstić information content (AvgIpc) is 1.23. The van der Waals surface area contributed by atoms with E-state index in [9.17, 15) is 58.8 Å². The van der Waals surface area contributed by atoms with Gasteiger partial charge in [-0.3, -0.25) is 76.7 Å². The fourth-order valence-corrected chi connectivity index (χ4v) is 16.4. The summed E-state index contributed by atoms with van der Waals surface area (Å²) in [5, 5.41) is 66.2. The lowest BCUT2D eigenvalue weighted by Gasteiger charge is -2.37. The molecule has 7 aromatic carbocycles. The summed E-state index contributed by atoms with van der Waals surface area (Å²) in [4.78, 5) is 245. The predicted molar refractivity (Wildman–Crippen MR) is 499 cm³/mol. The van der Waals surface area contributed by atoms with E-state index in [-0.39, 0.29) is 74.5 Å². The van der Waals surface area contributed by atoms with Crippen LogP contribution in [0.4, 0.5) is 0 Å². The first-order valence-corrected chi connectivity index (χ1v) is 45.1. The van der Waals surface area contributed by atoms with Gasteiger partial charge in [-0.05, 0) is 100 Å². The molecule has 16 N–H and O–H groups in total. The summed E-state index contributed by atoms with van der Waals surface area (Å²) in [5.74, 6) is -17.3. The van der Waals surface area contributed by atoms with Crippen molar-refractivity contribution in [3.8, 4) is 17.2 Å². The van der Waals surface area contributed by atoms with Crippen molar-refractivity contribution in [2.75, 3.05) is 66.4 Å². The van der Waals surface area contributed by atoms with Gasteiger partial charge in [0, 0.05) is 103 Å². The van der Waals surface area contributed by atoms with Crippen LogP contribution >= 0.6 is 11.8 Å². The first-order valence-electron chi connectivity index (χ1n) is 44.0. The highest BCUT2D eigenvalue weighted by Crippen LogP contribution is 2.25. The quantitative estimate of drug-likeness (QED) is 0.0413. The highest BCUT2D eigenvalue weighted by Gasteiger charge is 2.42. The predicted octanol–water partition coefficient (Wildman–Crippen LogP) is 2.62. The number of unbranched alkanes of at least 4 members (excludes halogenated alkanes) is 1. The number of hydrogen-bond donors (Lipinski definition) is 15. The van der Waals surface area contributed by atoms with Crippen LogP contribution in [0.15, 0.2) is 194 Å². The van der Waals surface area contributed by atoms with E-state index in [4.69, 9.17) is 5.73 Å². The van der Waals surface area contributed by atoms with Gasteiger partial charge in [0.15, 0.2) is 0 Å². The van der Waals surface area contributed by atoms with E-state index in [0.717, 1.165) is 36.3 Å². The van der Waals surface area contributed by atoms with Crippen molar-refractivity contribution in [2.24, 2.45) is 11.7 Å². The molecule has 15 amide bonds. The number of fused-ring (bicyclic) bond motifs is 1. The second kappa shape index (κ2) is 50.1. The first kappa shape index (κ1) is 103. The number of carboxylic acids is 1. The number of primary amides is 1. The number of aromatic amines is 1. The van der Waals surface area contributed by atoms with Crippen LogP contribution < -0.4 is 53.6 Å². The number of likely N-dealkylation sites (N-methyl/N-ethyl adjacent to an activating group) is 5. The number of nitrogens with zero attached hydrogens (tertiary/aromatic N) is 5. The molecule has 0 bridgehead atoms. The van der Waals surface area contributed by atoms with Gasteiger partial charge in [-0.25, -0.2) is 0 Å². The van der Waals surface area contributed by atoms with Gasteiger partial charge in [-0.1, -0.05) is 179 Å². The number of nitrogens with two attached hydrogens (primary N) is 1. The third-order valence-electron chi connectivity index (χ3n) is 22.8. The van der Waals surface area contributed by atoms with Crippen LogP contribution in [0.3, 0.4) is 0 Å². The maximum absolute atomic E-state index is 15.6. The molecule has 1 fully saturated rings. The number of H-pyrrole nitrogens is 1. The third kappa shape index (κ3) is 31.0. The summed E-state index contributed by atoms with van der Waals surface area (Å²) in [5.41, 5.74) is 9.33. The monoisotopic (exact) mass is 1860 g/mol. The normalized spacial score (nSPS) is 21.5. The SMILES string of the molecule is CCCCC1C(=O)N(C)CC(=O)NC(CC(=O)O)C(=O)NC(Cc2ccc(O)cc2)C(=O)N(C)C(Cc2ccccc2)C(=O)NC(Cc2ccc(O)cc2)C(=O)N(C)CC(=O)NC(Cc2c[nH]c3ccccc23)C(=O)NC(Cc2ccc(O)cc2)C(=O)NC(CC(C)C)C(=O)NC(C(=O)NCC(N)=O)CSCC(=O)NC(Cc2ccccc2)C(=O)N(C)C(Cc2ccccc2)C(=O)N1C. The Labute approximate surface area is 780 Å². The second-order valence-electron chi connectivity index (χ2n) is 33.8. The van der Waals surface area contributed by atoms with Crippen LogP contribution in [0, 0.1) is 5.92 Å². The molecule has 0 aliphatic carbocycles. The lowest BCUT2D eigenvalue weighted by Crippen LogP contribution is -2.60. The molecule has 0 spiro atoms. The standard InChI is InChI=1S/C97H118N16O20S/c1-9-10-30-79-96(132)110(5)55-84(119)102-74(51-86(121)122)91(127)106-77(47-64-35-41-68(116)42-36-64)95(131)112(7)80(48-60-24-16-12-17-25-60)92(128)107-75(46-63-33-39-67(115)40-34-63)93(129)109(4)54-83(118)101-73(50-65-52-99-70-29-21-20-28-69(65)70)90(126)105-72(44-62-31-37-66(114)38-32-62)89(125)104-71(43-58(2)3)88(124)108-78(87(123)100-53-82(98)117)56-134-57-85(120)103-76(45-59-22-14-11-15-23-59)94(130)113(8)81(97(133)111(79)6)49-61-26-18-13-19-27-61/h11-29,31-42,52,58,71-81,99,114-116H,9-10,30,43-51,53-57H2,1-8H3,(H2,98,117)(H,100,123)(H,101,118)(H,102,119)(H,103,120)(H,104,125)(H,105,126)(H,106,127)(H,107,128)(H,108,124)(H,121,122). The van der Waals surface area contributed by atoms with E-state index in [1.54, 1.807) is 135 Å². The molecule has 0 saturated carbocycles. The minimum atomic E-state index is -1.98. The molecular formula is C97H118N16O20S. The van der Waals surface area contributed by atoms with Gasteiger partial charge >= 0.3 is 5.97 Å². The van der Waals surface area contributed by atoms with Crippen molar-refractivity contribution in [1.29, 1.82) is 0 Å². The molecule has 0 radical (unpaired) electrons. The number of carbonyl (C=O) groups excluding carboxylic acids is 15. The Morgan fingerprint density at radius 2 is 0.821 bits per heavy atom. The highest BCUT2D eigenvalue weighted by molar-refractivity contribution is 8.00. The minimum Gasteiger partial charge on any atom is -0.508 e. The molecule has 1 aromatic heterocycles. The van der Waals surface area contributed by atoms with E-state index >= 15 is 38.4 Å². The van der Waals surface area contributed by atoms with Gasteiger partial charge in [0.1, 0.15) is 83.7 Å². The van der Waals surface area contributed by atoms with Crippen LogP contribution in [0.25, 0.3) is 10.9 Å². The maximum Gasteiger partial charge on any atom is 0.305 e. The van der Waals surface area contributed by atoms with Gasteiger partial charge in [-0.2, -0.15) is 0 Å². The van der Waals surface area contributed by atoms with Gasteiger partial charge in [0.25, 0.3) is 0 Å². The highest BCUT2D eigenvalue weighted by atomic mass is 32.2. The molecule has 1 saturated heterocycles. The van der Waals surface area contributed by atoms with Crippen LogP contribution in [0.2, 0.25) is 0 Å². The first-order chi connectivity index (χ1) is 63.9. The Balaban J connectivity index is 1.13. The van der Waals surface area contributed by atoms with Crippen molar-refractivity contribution in [3.05, 3.63) is 233 Å². The van der Waals surface area contributed by atoms with Gasteiger partial charge < -0.3 is 103 Å². The number of hydrogen-bond acceptors (Lipinski definition) is 20. The zero-order valence-electron chi connectivity index (χ0n) is 76.0. The molecule has 134 heavy (non-hydrogen) atoms. The van der Waals surface area contributed by atoms with Crippen LogP contribution in [-0.2, 0) is 122 Å². The number of phenols is 3. The zero-order valence-corrected chi connectivity index (χ0v) is 76.8. The molecule has 37 heteroatoms. The Kier molecular flexibility index (Phi) is 38.5. The van der Waals surface area contributed by atoms with Crippen LogP contribution in [0.1, 0.15) is 91.8 Å². The minimum absolute atomic E-state index is 0.00791. The van der Waals surface area contributed by atoms with Crippen molar-refractivity contribution < 1.29 is 97.1 Å². The summed E-state index contributed by atoms with van der Waals surface area (Å²) < 4.78 is 0. The number of carboxylic acid groups (broad SMARTS) is 1. The van der Waals surface area contributed by atoms with E-state index in [1.807, 2.05) is 6.92 Å². The lowest BCUT2D eigenvalue weighted by molar-refractivity contribution is -0.151. The lowest BCUT2D eigenvalue weighted by atomic mass is 9.99. The summed E-state index contributed by atoms with van der Waals surface area (Å²) in [7, 11) is 6.46. The number of nitrogens with one attached hydrogen (secondary N) is 10. The molecule has 8 aromatic rings. The molecule has 11 atom stereocenters. The van der Waals surface area contributed by atoms with E-state index in [0.29, 0.717) is 62.7 Å². The summed E-state index contributed by atoms with van der Waals surface area (Å²) in [6, 6.07) is 32.0. The second-order valence-corrected chi connectivity index (χ2v) is 34.8. The Hall–Kier alpha value is -14.7. The van der Waals surface area contributed by atoms with E-state index in [1.165, 1.54) is 108 Å². The fraction of sp³-hybridized carbons (Fsp3) is 0.381. The topological polar surface area (TPSA) is 520 Å². The number of aliphatic carboxylic acids is 1. The number of thioether (sulfide) groups is 1. The number of benzene rings is 7. The number of carbonyl (C=O) groups is 16. The number of amides is 15. The molecule has 11 unspecified atom stereocenters. The molecule has 1 aliphatic rings. The van der Waals surface area contributed by atoms with Gasteiger partial charge in [0.2, 0.25) is 88.6 Å². The average molecular weight is 1860 g/mol. The van der Waals surface area contributed by atoms with Crippen molar-refractivity contribution in [3.63, 3.8) is 0 Å². The third-order valence-corrected chi connectivity index (χ3v) is 23.9. The largest absolute Gasteiger partial charge is 0.508 e. The Morgan fingerprint density at radius 1 is 0.425 bits per heavy atom. The number of para-hydroxylation sites is 1. The van der Waals surface area contributed by atoms with Gasteiger partial charge in [0.05, 0.1) is 31.8 Å².